The summed E-state index contributed by atoms with van der Waals surface area (Å²) in [5, 5.41) is 10.4. The van der Waals surface area contributed by atoms with E-state index in [9.17, 15) is 9.90 Å². The number of carbonyl (C=O) groups is 1. The number of rotatable bonds is 5. The molecule has 0 atom stereocenters. The van der Waals surface area contributed by atoms with E-state index in [1.807, 2.05) is 48.6 Å². The van der Waals surface area contributed by atoms with Crippen LogP contribution in [0.5, 0.6) is 0 Å². The molecule has 0 aliphatic carbocycles. The van der Waals surface area contributed by atoms with Gasteiger partial charge in [-0.05, 0) is 100 Å². The molecule has 4 aromatic carbocycles. The van der Waals surface area contributed by atoms with Gasteiger partial charge in [-0.1, -0.05) is 185 Å². The molecule has 398 valence electrons. The number of carbonyl (C=O) groups excluding carboxylic acids is 1. The third-order valence-electron chi connectivity index (χ3n) is 10.7. The molecule has 4 aromatic rings. The molecule has 0 radical (unpaired) electrons. The van der Waals surface area contributed by atoms with E-state index < -0.39 is 5.60 Å². The minimum atomic E-state index is -0.661. The smallest absolute Gasteiger partial charge is 0.137 e. The van der Waals surface area contributed by atoms with Gasteiger partial charge in [0.2, 0.25) is 0 Å². The Morgan fingerprint density at radius 2 is 0.986 bits per heavy atom. The summed E-state index contributed by atoms with van der Waals surface area (Å²) in [5.41, 5.74) is 9.79. The molecule has 0 saturated carbocycles. The van der Waals surface area contributed by atoms with Crippen LogP contribution in [0, 0.1) is 27.7 Å². The van der Waals surface area contributed by atoms with Crippen LogP contribution in [0.3, 0.4) is 0 Å². The van der Waals surface area contributed by atoms with Gasteiger partial charge in [0.1, 0.15) is 5.78 Å². The molecule has 3 fully saturated rings. The first-order valence-corrected chi connectivity index (χ1v) is 36.5. The van der Waals surface area contributed by atoms with E-state index in [0.29, 0.717) is 71.1 Å². The Morgan fingerprint density at radius 1 is 0.614 bits per heavy atom. The van der Waals surface area contributed by atoms with Gasteiger partial charge in [-0.25, -0.2) is 0 Å². The van der Waals surface area contributed by atoms with Gasteiger partial charge in [-0.3, -0.25) is 4.79 Å². The summed E-state index contributed by atoms with van der Waals surface area (Å²) in [6.07, 6.45) is 14.2. The number of ether oxygens (including phenoxy) is 4. The first-order valence-electron chi connectivity index (χ1n) is 23.1. The molecule has 10 heteroatoms. The van der Waals surface area contributed by atoms with Crippen molar-refractivity contribution in [2.45, 2.75) is 141 Å². The van der Waals surface area contributed by atoms with Crippen molar-refractivity contribution in [1.29, 1.82) is 0 Å². The van der Waals surface area contributed by atoms with Gasteiger partial charge in [0, 0.05) is 56.6 Å². The number of hydrogen-bond acceptors (Lipinski definition) is 6. The number of benzene rings is 4. The molecular weight excluding hydrogens is 1280 g/mol. The van der Waals surface area contributed by atoms with Crippen LogP contribution in [0.4, 0.5) is 0 Å². The van der Waals surface area contributed by atoms with E-state index in [1.165, 1.54) is 51.8 Å². The molecule has 0 spiro atoms. The first-order chi connectivity index (χ1) is 31.9. The van der Waals surface area contributed by atoms with Crippen LogP contribution in [0.1, 0.15) is 146 Å². The minimum absolute atomic E-state index is 0. The average molecular weight is 1370 g/mol. The maximum atomic E-state index is 10.4. The van der Waals surface area contributed by atoms with Gasteiger partial charge in [0.25, 0.3) is 0 Å². The third-order valence-corrected chi connectivity index (χ3v) is 11.2. The number of aliphatic hydroxyl groups is 1. The quantitative estimate of drug-likeness (QED) is 0.159. The molecule has 1 N–H and O–H groups in total. The second-order valence-electron chi connectivity index (χ2n) is 16.1. The average Bonchev–Trinajstić information content (AvgIpc) is 3.35. The summed E-state index contributed by atoms with van der Waals surface area (Å²) in [4.78, 5) is 10.4. The van der Waals surface area contributed by atoms with Crippen LogP contribution in [-0.2, 0) is 29.3 Å². The maximum Gasteiger partial charge on any atom is 0.137 e. The van der Waals surface area contributed by atoms with Crippen molar-refractivity contribution in [3.05, 3.63) is 172 Å². The molecule has 3 saturated heterocycles. The van der Waals surface area contributed by atoms with E-state index in [4.69, 9.17) is 18.9 Å². The predicted octanol–water partition coefficient (Wildman–Crippen LogP) is 15.3. The molecular formula is C60H93BrI3O6-. The normalized spacial score (nSPS) is 15.1. The summed E-state index contributed by atoms with van der Waals surface area (Å²) in [5.74, 6) is 1.07. The number of hydrogen-bond donors (Lipinski definition) is 1. The second-order valence-corrected chi connectivity index (χ2v) is 33.3. The van der Waals surface area contributed by atoms with Crippen LogP contribution in [-0.4, -0.2) is 63.7 Å². The number of halogens is 4. The van der Waals surface area contributed by atoms with E-state index >= 15 is 0 Å². The fraction of sp³-hybridized carbons (Fsp3) is 0.483. The topological polar surface area (TPSA) is 74.2 Å². The van der Waals surface area contributed by atoms with Gasteiger partial charge in [-0.2, -0.15) is 0 Å². The number of Topliss-reactive ketones (excluding diaryl/α,β-unsaturated/α-hetero) is 1. The van der Waals surface area contributed by atoms with Gasteiger partial charge in [0.05, 0.1) is 32.0 Å². The molecule has 0 unspecified atom stereocenters. The minimum Gasteiger partial charge on any atom is -0.381 e. The van der Waals surface area contributed by atoms with Crippen molar-refractivity contribution in [2.75, 3.05) is 52.9 Å². The largest absolute Gasteiger partial charge is 0.381 e. The zero-order valence-electron chi connectivity index (χ0n) is 40.5. The standard InChI is InChI=1S/C12H16O2.C12H16O.C12H14O.C7H7Br.C5H8O2.2C4H8.4CH4.I3/c1-10-2-4-11(5-3-10)12(13)6-8-14-9-7-12;2*1-10-2-4-11(5-3-10)12-6-8-13-9-7-12;1-6-2-4-7(8)5-3-6;6-5-1-3-7-4-2-5;2*1-3-4-2;;;;;1-3-2/h2-5,13H,6-9H2,1H3;2-5,12H,6-9H2,1H3;2-6H,7-9H2,1H3;2-5H,1H3;1-4H2;2*3H,1,4H2,2H3;4*1H4;/q;;;;;;;;;;;-1. The SMILES string of the molecule is C.C.C.C.C=CCC.C=CCC.Cc1ccc(Br)cc1.Cc1ccc(C2(O)CCOCC2)cc1.Cc1ccc(C2=CCOCC2)cc1.Cc1ccc(C2CCOCC2)cc1.I[I-]I.O=C1CCOCC1. The van der Waals surface area contributed by atoms with Gasteiger partial charge in [0.15, 0.2) is 0 Å². The van der Waals surface area contributed by atoms with E-state index in [0.717, 1.165) is 61.6 Å². The van der Waals surface area contributed by atoms with Crippen molar-refractivity contribution >= 4 is 64.5 Å². The van der Waals surface area contributed by atoms with Crippen LogP contribution < -0.4 is 13.3 Å². The van der Waals surface area contributed by atoms with E-state index in [-0.39, 0.29) is 29.7 Å². The Morgan fingerprint density at radius 3 is 1.36 bits per heavy atom. The third kappa shape index (κ3) is 36.2. The molecule has 6 nitrogen and oxygen atoms in total. The summed E-state index contributed by atoms with van der Waals surface area (Å²) in [7, 11) is 0. The molecule has 4 aliphatic rings. The van der Waals surface area contributed by atoms with Gasteiger partial charge in [-0.15, -0.1) is 13.2 Å². The van der Waals surface area contributed by atoms with Crippen LogP contribution >= 0.6 is 53.2 Å². The molecule has 0 bridgehead atoms. The molecule has 70 heavy (non-hydrogen) atoms. The van der Waals surface area contributed by atoms with Crippen molar-refractivity contribution in [2.24, 2.45) is 0 Å². The van der Waals surface area contributed by atoms with E-state index in [2.05, 4.69) is 175 Å². The fourth-order valence-electron chi connectivity index (χ4n) is 6.42. The molecule has 0 amide bonds. The Balaban J connectivity index is -0.000000370. The van der Waals surface area contributed by atoms with Gasteiger partial charge >= 0.3 is 50.5 Å². The Bertz CT molecular complexity index is 1820. The van der Waals surface area contributed by atoms with E-state index in [1.54, 1.807) is 0 Å². The first kappa shape index (κ1) is 74.8. The van der Waals surface area contributed by atoms with Crippen molar-refractivity contribution in [1.82, 2.24) is 0 Å². The predicted molar refractivity (Wildman–Crippen MR) is 324 cm³/mol. The van der Waals surface area contributed by atoms with Crippen LogP contribution in [0.2, 0.25) is 0 Å². The summed E-state index contributed by atoms with van der Waals surface area (Å²) in [6, 6.07) is 33.9. The second kappa shape index (κ2) is 48.2. The summed E-state index contributed by atoms with van der Waals surface area (Å²) < 4.78 is 21.9. The summed E-state index contributed by atoms with van der Waals surface area (Å²) in [6.45, 7) is 25.5. The number of ketones is 1. The van der Waals surface area contributed by atoms with Gasteiger partial charge < -0.3 is 24.1 Å². The Kier molecular flexibility index (Phi) is 51.5. The fourth-order valence-corrected chi connectivity index (χ4v) is 6.68. The molecule has 4 heterocycles. The Hall–Kier alpha value is -1.76. The van der Waals surface area contributed by atoms with Crippen molar-refractivity contribution < 1.29 is 42.1 Å². The maximum absolute atomic E-state index is 10.4. The van der Waals surface area contributed by atoms with Crippen molar-refractivity contribution in [3.63, 3.8) is 0 Å². The van der Waals surface area contributed by atoms with Crippen LogP contribution in [0.25, 0.3) is 5.57 Å². The number of allylic oxidation sites excluding steroid dienone is 2. The summed E-state index contributed by atoms with van der Waals surface area (Å²) >= 11 is 8.65. The zero-order valence-corrected chi connectivity index (χ0v) is 48.5. The van der Waals surface area contributed by atoms with Crippen LogP contribution in [0.15, 0.2) is 133 Å². The van der Waals surface area contributed by atoms with Crippen molar-refractivity contribution in [3.8, 4) is 0 Å². The molecule has 8 rings (SSSR count). The monoisotopic (exact) mass is 1370 g/mol. The molecule has 0 aromatic heterocycles. The molecule has 4 aliphatic heterocycles. The Labute approximate surface area is 467 Å². The number of aryl methyl sites for hydroxylation is 4. The zero-order chi connectivity index (χ0) is 48.8.